The molecule has 0 saturated heterocycles. The first kappa shape index (κ1) is 7.09. The van der Waals surface area contributed by atoms with E-state index in [1.54, 1.807) is 7.11 Å². The predicted molar refractivity (Wildman–Crippen MR) is 43.1 cm³/mol. The quantitative estimate of drug-likeness (QED) is 0.641. The van der Waals surface area contributed by atoms with Crippen LogP contribution in [0.1, 0.15) is 5.56 Å². The van der Waals surface area contributed by atoms with Gasteiger partial charge in [0.25, 0.3) is 0 Å². The molecule has 2 aromatic rings. The second kappa shape index (κ2) is 2.48. The number of rotatable bonds is 1. The molecule has 1 aromatic heterocycles. The lowest BCUT2D eigenvalue weighted by Crippen LogP contribution is -1.87. The molecule has 0 N–H and O–H groups in total. The van der Waals surface area contributed by atoms with Crippen LogP contribution in [0.3, 0.4) is 0 Å². The minimum Gasteiger partial charge on any atom is -0.496 e. The number of benzene rings is 1. The Morgan fingerprint density at radius 2 is 2.17 bits per heavy atom. The highest BCUT2D eigenvalue weighted by Gasteiger charge is 2.07. The second-order valence-electron chi connectivity index (χ2n) is 2.52. The molecular formula is C8H8N2O2. The fourth-order valence-electron chi connectivity index (χ4n) is 1.18. The van der Waals surface area contributed by atoms with Crippen molar-refractivity contribution in [1.29, 1.82) is 0 Å². The fourth-order valence-corrected chi connectivity index (χ4v) is 1.18. The number of nitrogens with zero attached hydrogens (tertiary/aromatic N) is 2. The molecule has 0 amide bonds. The van der Waals surface area contributed by atoms with Crippen LogP contribution in [-0.2, 0) is 0 Å². The molecule has 0 fully saturated rings. The minimum absolute atomic E-state index is 0.758. The molecule has 0 aliphatic rings. The van der Waals surface area contributed by atoms with Crippen LogP contribution in [0, 0.1) is 6.92 Å². The van der Waals surface area contributed by atoms with Gasteiger partial charge in [-0.25, -0.2) is 4.63 Å². The van der Waals surface area contributed by atoms with E-state index in [4.69, 9.17) is 4.74 Å². The van der Waals surface area contributed by atoms with Crippen molar-refractivity contribution in [2.45, 2.75) is 6.92 Å². The second-order valence-corrected chi connectivity index (χ2v) is 2.52. The highest BCUT2D eigenvalue weighted by atomic mass is 16.6. The van der Waals surface area contributed by atoms with E-state index in [9.17, 15) is 0 Å². The van der Waals surface area contributed by atoms with Crippen LogP contribution in [-0.4, -0.2) is 17.4 Å². The summed E-state index contributed by atoms with van der Waals surface area (Å²) in [6, 6.07) is 3.67. The third-order valence-electron chi connectivity index (χ3n) is 1.85. The maximum atomic E-state index is 5.11. The van der Waals surface area contributed by atoms with E-state index in [1.165, 1.54) is 0 Å². The SMILES string of the molecule is COc1ccc2nonc2c1C. The molecule has 1 heterocycles. The normalized spacial score (nSPS) is 10.5. The van der Waals surface area contributed by atoms with Crippen molar-refractivity contribution >= 4 is 11.0 Å². The average Bonchev–Trinajstić information content (AvgIpc) is 2.53. The number of aromatic nitrogens is 2. The summed E-state index contributed by atoms with van der Waals surface area (Å²) in [5.74, 6) is 0.804. The van der Waals surface area contributed by atoms with Crippen LogP contribution in [0.2, 0.25) is 0 Å². The maximum absolute atomic E-state index is 5.11. The molecule has 1 aromatic carbocycles. The summed E-state index contributed by atoms with van der Waals surface area (Å²) >= 11 is 0. The Bertz CT molecular complexity index is 408. The minimum atomic E-state index is 0.758. The van der Waals surface area contributed by atoms with Gasteiger partial charge in [-0.3, -0.25) is 0 Å². The topological polar surface area (TPSA) is 48.2 Å². The number of ether oxygens (including phenoxy) is 1. The van der Waals surface area contributed by atoms with Gasteiger partial charge in [0, 0.05) is 5.56 Å². The lowest BCUT2D eigenvalue weighted by molar-refractivity contribution is 0.315. The summed E-state index contributed by atoms with van der Waals surface area (Å²) < 4.78 is 9.70. The van der Waals surface area contributed by atoms with Crippen molar-refractivity contribution in [3.8, 4) is 5.75 Å². The Labute approximate surface area is 69.1 Å². The van der Waals surface area contributed by atoms with Gasteiger partial charge in [-0.1, -0.05) is 0 Å². The predicted octanol–water partition coefficient (Wildman–Crippen LogP) is 1.54. The van der Waals surface area contributed by atoms with Gasteiger partial charge in [0.2, 0.25) is 0 Å². The van der Waals surface area contributed by atoms with E-state index in [1.807, 2.05) is 19.1 Å². The maximum Gasteiger partial charge on any atom is 0.141 e. The zero-order valence-electron chi connectivity index (χ0n) is 6.87. The van der Waals surface area contributed by atoms with E-state index in [0.717, 1.165) is 22.3 Å². The van der Waals surface area contributed by atoms with Crippen LogP contribution in [0.25, 0.3) is 11.0 Å². The van der Waals surface area contributed by atoms with Crippen LogP contribution < -0.4 is 4.74 Å². The molecule has 0 spiro atoms. The van der Waals surface area contributed by atoms with Crippen LogP contribution >= 0.6 is 0 Å². The van der Waals surface area contributed by atoms with Gasteiger partial charge in [-0.15, -0.1) is 0 Å². The molecular weight excluding hydrogens is 156 g/mol. The fraction of sp³-hybridized carbons (Fsp3) is 0.250. The highest BCUT2D eigenvalue weighted by Crippen LogP contribution is 2.23. The summed E-state index contributed by atoms with van der Waals surface area (Å²) in [7, 11) is 1.63. The van der Waals surface area contributed by atoms with Crippen LogP contribution in [0.5, 0.6) is 5.75 Å². The molecule has 0 atom stereocenters. The van der Waals surface area contributed by atoms with Gasteiger partial charge in [0.1, 0.15) is 16.8 Å². The number of hydrogen-bond acceptors (Lipinski definition) is 4. The molecule has 0 saturated carbocycles. The molecule has 4 heteroatoms. The third kappa shape index (κ3) is 0.845. The van der Waals surface area contributed by atoms with Crippen molar-refractivity contribution in [3.63, 3.8) is 0 Å². The summed E-state index contributed by atoms with van der Waals surface area (Å²) in [6.45, 7) is 1.92. The van der Waals surface area contributed by atoms with Crippen LogP contribution in [0.15, 0.2) is 16.8 Å². The molecule has 0 aliphatic heterocycles. The van der Waals surface area contributed by atoms with Gasteiger partial charge in [0.15, 0.2) is 0 Å². The van der Waals surface area contributed by atoms with Crippen LogP contribution in [0.4, 0.5) is 0 Å². The number of fused-ring (bicyclic) bond motifs is 1. The monoisotopic (exact) mass is 164 g/mol. The van der Waals surface area contributed by atoms with E-state index >= 15 is 0 Å². The molecule has 62 valence electrons. The largest absolute Gasteiger partial charge is 0.496 e. The molecule has 0 radical (unpaired) electrons. The first-order chi connectivity index (χ1) is 5.83. The summed E-state index contributed by atoms with van der Waals surface area (Å²) in [5, 5.41) is 7.47. The van der Waals surface area contributed by atoms with Gasteiger partial charge >= 0.3 is 0 Å². The molecule has 0 bridgehead atoms. The molecule has 4 nitrogen and oxygen atoms in total. The van der Waals surface area contributed by atoms with Gasteiger partial charge < -0.3 is 4.74 Å². The molecule has 0 unspecified atom stereocenters. The summed E-state index contributed by atoms with van der Waals surface area (Å²) in [5.41, 5.74) is 2.47. The zero-order valence-corrected chi connectivity index (χ0v) is 6.87. The lowest BCUT2D eigenvalue weighted by atomic mass is 10.2. The Morgan fingerprint density at radius 1 is 1.33 bits per heavy atom. The van der Waals surface area contributed by atoms with E-state index in [0.29, 0.717) is 0 Å². The number of aryl methyl sites for hydroxylation is 1. The Hall–Kier alpha value is -1.58. The van der Waals surface area contributed by atoms with Crippen molar-refractivity contribution in [2.75, 3.05) is 7.11 Å². The number of hydrogen-bond donors (Lipinski definition) is 0. The summed E-state index contributed by atoms with van der Waals surface area (Å²) in [6.07, 6.45) is 0. The summed E-state index contributed by atoms with van der Waals surface area (Å²) in [4.78, 5) is 0. The van der Waals surface area contributed by atoms with Gasteiger partial charge in [0.05, 0.1) is 7.11 Å². The first-order valence-electron chi connectivity index (χ1n) is 3.59. The van der Waals surface area contributed by atoms with E-state index in [2.05, 4.69) is 14.9 Å². The highest BCUT2D eigenvalue weighted by molar-refractivity contribution is 5.79. The standard InChI is InChI=1S/C8H8N2O2/c1-5-7(11-2)4-3-6-8(5)10-12-9-6/h3-4H,1-2H3. The van der Waals surface area contributed by atoms with Gasteiger partial charge in [-0.2, -0.15) is 0 Å². The Kier molecular flexibility index (Phi) is 1.46. The van der Waals surface area contributed by atoms with Crippen molar-refractivity contribution in [1.82, 2.24) is 10.3 Å². The Balaban J connectivity index is 2.78. The molecule has 0 aliphatic carbocycles. The van der Waals surface area contributed by atoms with Crippen molar-refractivity contribution < 1.29 is 9.37 Å². The smallest absolute Gasteiger partial charge is 0.141 e. The van der Waals surface area contributed by atoms with E-state index in [-0.39, 0.29) is 0 Å². The molecule has 12 heavy (non-hydrogen) atoms. The van der Waals surface area contributed by atoms with Crippen molar-refractivity contribution in [3.05, 3.63) is 17.7 Å². The Morgan fingerprint density at radius 3 is 2.92 bits per heavy atom. The van der Waals surface area contributed by atoms with Gasteiger partial charge in [-0.05, 0) is 29.4 Å². The third-order valence-corrected chi connectivity index (χ3v) is 1.85. The van der Waals surface area contributed by atoms with E-state index < -0.39 is 0 Å². The molecule has 2 rings (SSSR count). The van der Waals surface area contributed by atoms with Crippen molar-refractivity contribution in [2.24, 2.45) is 0 Å². The first-order valence-corrected chi connectivity index (χ1v) is 3.59. The number of methoxy groups -OCH3 is 1. The zero-order chi connectivity index (χ0) is 8.55. The lowest BCUT2D eigenvalue weighted by Gasteiger charge is -2.01. The average molecular weight is 164 g/mol.